The molecule has 0 aromatic heterocycles. The van der Waals surface area contributed by atoms with Crippen LogP contribution in [0.15, 0.2) is 54.6 Å². The van der Waals surface area contributed by atoms with Gasteiger partial charge in [-0.2, -0.15) is 0 Å². The normalized spacial score (nSPS) is 9.95. The van der Waals surface area contributed by atoms with Crippen molar-refractivity contribution < 1.29 is 9.53 Å². The van der Waals surface area contributed by atoms with Crippen LogP contribution < -0.4 is 10.1 Å². The van der Waals surface area contributed by atoms with Crippen LogP contribution in [0.4, 0.5) is 5.69 Å². The third kappa shape index (κ3) is 4.14. The van der Waals surface area contributed by atoms with Crippen molar-refractivity contribution in [2.75, 3.05) is 11.9 Å². The lowest BCUT2D eigenvalue weighted by atomic mass is 10.1. The van der Waals surface area contributed by atoms with Gasteiger partial charge in [0.25, 0.3) is 0 Å². The van der Waals surface area contributed by atoms with E-state index in [1.807, 2.05) is 61.5 Å². The van der Waals surface area contributed by atoms with Gasteiger partial charge in [0.15, 0.2) is 0 Å². The topological polar surface area (TPSA) is 38.3 Å². The lowest BCUT2D eigenvalue weighted by Crippen LogP contribution is -2.14. The van der Waals surface area contributed by atoms with E-state index in [2.05, 4.69) is 5.32 Å². The standard InChI is InChI=1S/C16H17NO2/c1-2-19-15-10-8-13(9-11-15)12-16(18)17-14-6-4-3-5-7-14/h3-11H,2,12H2,1H3,(H,17,18). The summed E-state index contributed by atoms with van der Waals surface area (Å²) in [5.74, 6) is 0.810. The number of benzene rings is 2. The monoisotopic (exact) mass is 255 g/mol. The lowest BCUT2D eigenvalue weighted by molar-refractivity contribution is -0.115. The number of hydrogen-bond donors (Lipinski definition) is 1. The summed E-state index contributed by atoms with van der Waals surface area (Å²) in [4.78, 5) is 11.9. The molecule has 0 bridgehead atoms. The zero-order valence-electron chi connectivity index (χ0n) is 10.9. The van der Waals surface area contributed by atoms with Crippen LogP contribution >= 0.6 is 0 Å². The van der Waals surface area contributed by atoms with Crippen LogP contribution in [-0.4, -0.2) is 12.5 Å². The Morgan fingerprint density at radius 3 is 2.37 bits per heavy atom. The number of carbonyl (C=O) groups is 1. The zero-order chi connectivity index (χ0) is 13.5. The van der Waals surface area contributed by atoms with E-state index in [1.54, 1.807) is 0 Å². The Kier molecular flexibility index (Phi) is 4.56. The Morgan fingerprint density at radius 2 is 1.74 bits per heavy atom. The van der Waals surface area contributed by atoms with E-state index in [4.69, 9.17) is 4.74 Å². The van der Waals surface area contributed by atoms with Crippen molar-refractivity contribution in [3.8, 4) is 5.75 Å². The predicted octanol–water partition coefficient (Wildman–Crippen LogP) is 3.27. The molecule has 0 fully saturated rings. The second kappa shape index (κ2) is 6.59. The fourth-order valence-corrected chi connectivity index (χ4v) is 1.78. The first-order chi connectivity index (χ1) is 9.28. The van der Waals surface area contributed by atoms with Crippen molar-refractivity contribution in [2.45, 2.75) is 13.3 Å². The Labute approximate surface area is 113 Å². The summed E-state index contributed by atoms with van der Waals surface area (Å²) in [7, 11) is 0. The molecule has 0 aliphatic carbocycles. The molecule has 3 nitrogen and oxygen atoms in total. The number of ether oxygens (including phenoxy) is 1. The zero-order valence-corrected chi connectivity index (χ0v) is 10.9. The summed E-state index contributed by atoms with van der Waals surface area (Å²) in [6, 6.07) is 17.0. The van der Waals surface area contributed by atoms with Crippen molar-refractivity contribution in [3.63, 3.8) is 0 Å². The quantitative estimate of drug-likeness (QED) is 0.890. The summed E-state index contributed by atoms with van der Waals surface area (Å²) in [6.07, 6.45) is 0.362. The van der Waals surface area contributed by atoms with Crippen molar-refractivity contribution in [1.82, 2.24) is 0 Å². The second-order valence-corrected chi connectivity index (χ2v) is 4.17. The molecule has 0 aliphatic heterocycles. The van der Waals surface area contributed by atoms with E-state index >= 15 is 0 Å². The number of hydrogen-bond acceptors (Lipinski definition) is 2. The molecule has 98 valence electrons. The Bertz CT molecular complexity index is 520. The summed E-state index contributed by atoms with van der Waals surface area (Å²) in [6.45, 7) is 2.59. The average Bonchev–Trinajstić information content (AvgIpc) is 2.42. The van der Waals surface area contributed by atoms with Crippen LogP contribution in [0.5, 0.6) is 5.75 Å². The third-order valence-electron chi connectivity index (χ3n) is 2.66. The first kappa shape index (κ1) is 13.1. The van der Waals surface area contributed by atoms with Gasteiger partial charge in [0.1, 0.15) is 5.75 Å². The van der Waals surface area contributed by atoms with Crippen molar-refractivity contribution in [2.24, 2.45) is 0 Å². The van der Waals surface area contributed by atoms with Crippen LogP contribution in [0.3, 0.4) is 0 Å². The molecule has 0 aliphatic rings. The number of anilines is 1. The lowest BCUT2D eigenvalue weighted by Gasteiger charge is -2.06. The largest absolute Gasteiger partial charge is 0.494 e. The first-order valence-electron chi connectivity index (χ1n) is 6.34. The summed E-state index contributed by atoms with van der Waals surface area (Å²) in [5.41, 5.74) is 1.79. The highest BCUT2D eigenvalue weighted by atomic mass is 16.5. The summed E-state index contributed by atoms with van der Waals surface area (Å²) < 4.78 is 5.36. The van der Waals surface area contributed by atoms with E-state index < -0.39 is 0 Å². The van der Waals surface area contributed by atoms with E-state index in [0.29, 0.717) is 13.0 Å². The summed E-state index contributed by atoms with van der Waals surface area (Å²) >= 11 is 0. The molecule has 0 unspecified atom stereocenters. The highest BCUT2D eigenvalue weighted by Crippen LogP contribution is 2.13. The number of nitrogens with one attached hydrogen (secondary N) is 1. The SMILES string of the molecule is CCOc1ccc(CC(=O)Nc2ccccc2)cc1. The van der Waals surface area contributed by atoms with E-state index in [-0.39, 0.29) is 5.91 Å². The molecule has 0 saturated heterocycles. The van der Waals surface area contributed by atoms with Gasteiger partial charge >= 0.3 is 0 Å². The molecule has 1 amide bonds. The number of rotatable bonds is 5. The average molecular weight is 255 g/mol. The maximum atomic E-state index is 11.9. The number of carbonyl (C=O) groups excluding carboxylic acids is 1. The highest BCUT2D eigenvalue weighted by molar-refractivity contribution is 5.92. The van der Waals surface area contributed by atoms with Gasteiger partial charge in [0.05, 0.1) is 13.0 Å². The molecule has 0 atom stereocenters. The van der Waals surface area contributed by atoms with Gasteiger partial charge in [-0.1, -0.05) is 30.3 Å². The van der Waals surface area contributed by atoms with Crippen molar-refractivity contribution in [1.29, 1.82) is 0 Å². The number of para-hydroxylation sites is 1. The van der Waals surface area contributed by atoms with Gasteiger partial charge in [-0.05, 0) is 36.8 Å². The van der Waals surface area contributed by atoms with Crippen LogP contribution in [0, 0.1) is 0 Å². The highest BCUT2D eigenvalue weighted by Gasteiger charge is 2.04. The third-order valence-corrected chi connectivity index (χ3v) is 2.66. The predicted molar refractivity (Wildman–Crippen MR) is 76.4 cm³/mol. The fraction of sp³-hybridized carbons (Fsp3) is 0.188. The van der Waals surface area contributed by atoms with Gasteiger partial charge < -0.3 is 10.1 Å². The maximum Gasteiger partial charge on any atom is 0.228 e. The second-order valence-electron chi connectivity index (χ2n) is 4.17. The molecular formula is C16H17NO2. The van der Waals surface area contributed by atoms with Gasteiger partial charge in [-0.15, -0.1) is 0 Å². The van der Waals surface area contributed by atoms with Crippen LogP contribution in [-0.2, 0) is 11.2 Å². The molecule has 19 heavy (non-hydrogen) atoms. The van der Waals surface area contributed by atoms with E-state index in [9.17, 15) is 4.79 Å². The molecule has 2 rings (SSSR count). The molecule has 0 spiro atoms. The fourth-order valence-electron chi connectivity index (χ4n) is 1.78. The molecule has 0 saturated carbocycles. The molecule has 1 N–H and O–H groups in total. The van der Waals surface area contributed by atoms with Crippen molar-refractivity contribution >= 4 is 11.6 Å². The minimum atomic E-state index is -0.0182. The molecule has 0 radical (unpaired) electrons. The van der Waals surface area contributed by atoms with Gasteiger partial charge in [-0.3, -0.25) is 4.79 Å². The molecule has 2 aromatic carbocycles. The van der Waals surface area contributed by atoms with Crippen LogP contribution in [0.2, 0.25) is 0 Å². The van der Waals surface area contributed by atoms with E-state index in [0.717, 1.165) is 17.0 Å². The Morgan fingerprint density at radius 1 is 1.05 bits per heavy atom. The smallest absolute Gasteiger partial charge is 0.228 e. The van der Waals surface area contributed by atoms with E-state index in [1.165, 1.54) is 0 Å². The van der Waals surface area contributed by atoms with Gasteiger partial charge in [-0.25, -0.2) is 0 Å². The first-order valence-corrected chi connectivity index (χ1v) is 6.34. The van der Waals surface area contributed by atoms with Crippen molar-refractivity contribution in [3.05, 3.63) is 60.2 Å². The van der Waals surface area contributed by atoms with Crippen LogP contribution in [0.25, 0.3) is 0 Å². The molecule has 2 aromatic rings. The minimum Gasteiger partial charge on any atom is -0.494 e. The van der Waals surface area contributed by atoms with Gasteiger partial charge in [0, 0.05) is 5.69 Å². The molecular weight excluding hydrogens is 238 g/mol. The Balaban J connectivity index is 1.91. The maximum absolute atomic E-state index is 11.9. The molecule has 3 heteroatoms. The molecule has 0 heterocycles. The summed E-state index contributed by atoms with van der Waals surface area (Å²) in [5, 5.41) is 2.86. The van der Waals surface area contributed by atoms with Crippen LogP contribution in [0.1, 0.15) is 12.5 Å². The van der Waals surface area contributed by atoms with Gasteiger partial charge in [0.2, 0.25) is 5.91 Å². The minimum absolute atomic E-state index is 0.0182. The number of amides is 1. The Hall–Kier alpha value is -2.29.